The van der Waals surface area contributed by atoms with E-state index >= 15 is 0 Å². The van der Waals surface area contributed by atoms with E-state index < -0.39 is 0 Å². The molecule has 2 rings (SSSR count). The van der Waals surface area contributed by atoms with Crippen LogP contribution in [-0.2, 0) is 4.74 Å². The quantitative estimate of drug-likeness (QED) is 0.882. The molecule has 88 valence electrons. The summed E-state index contributed by atoms with van der Waals surface area (Å²) in [7, 11) is 1.82. The lowest BCUT2D eigenvalue weighted by Crippen LogP contribution is -2.29. The molecule has 0 saturated carbocycles. The largest absolute Gasteiger partial charge is 0.376 e. The summed E-state index contributed by atoms with van der Waals surface area (Å²) in [5.41, 5.74) is 0.624. The van der Waals surface area contributed by atoms with E-state index in [1.54, 1.807) is 12.1 Å². The van der Waals surface area contributed by atoms with Gasteiger partial charge in [-0.1, -0.05) is 17.7 Å². The second-order valence-corrected chi connectivity index (χ2v) is 4.42. The van der Waals surface area contributed by atoms with Crippen LogP contribution >= 0.6 is 11.6 Å². The molecule has 16 heavy (non-hydrogen) atoms. The van der Waals surface area contributed by atoms with Crippen LogP contribution in [0.4, 0.5) is 4.39 Å². The Balaban J connectivity index is 2.25. The highest BCUT2D eigenvalue weighted by Crippen LogP contribution is 2.29. The van der Waals surface area contributed by atoms with Crippen molar-refractivity contribution in [2.45, 2.75) is 25.0 Å². The molecule has 0 aliphatic carbocycles. The van der Waals surface area contributed by atoms with Crippen LogP contribution in [-0.4, -0.2) is 19.8 Å². The lowest BCUT2D eigenvalue weighted by molar-refractivity contribution is 0.0796. The van der Waals surface area contributed by atoms with Gasteiger partial charge in [0.15, 0.2) is 0 Å². The van der Waals surface area contributed by atoms with E-state index in [2.05, 4.69) is 5.32 Å². The number of halogens is 2. The highest BCUT2D eigenvalue weighted by molar-refractivity contribution is 6.30. The van der Waals surface area contributed by atoms with Gasteiger partial charge in [0.25, 0.3) is 0 Å². The average Bonchev–Trinajstić information content (AvgIpc) is 2.75. The maximum atomic E-state index is 13.8. The van der Waals surface area contributed by atoms with E-state index in [0.29, 0.717) is 10.6 Å². The average molecular weight is 244 g/mol. The fourth-order valence-electron chi connectivity index (χ4n) is 2.16. The number of ether oxygens (including phenoxy) is 1. The molecule has 0 spiro atoms. The first-order chi connectivity index (χ1) is 7.72. The van der Waals surface area contributed by atoms with Crippen molar-refractivity contribution in [2.24, 2.45) is 0 Å². The molecule has 0 radical (unpaired) electrons. The molecule has 4 heteroatoms. The number of likely N-dealkylation sites (N-methyl/N-ethyl adjacent to an activating group) is 1. The molecule has 2 nitrogen and oxygen atoms in total. The normalized spacial score (nSPS) is 22.3. The summed E-state index contributed by atoms with van der Waals surface area (Å²) < 4.78 is 19.3. The monoisotopic (exact) mass is 243 g/mol. The third-order valence-corrected chi connectivity index (χ3v) is 3.18. The molecule has 0 amide bonds. The lowest BCUT2D eigenvalue weighted by Gasteiger charge is -2.23. The number of nitrogens with one attached hydrogen (secondary N) is 1. The Kier molecular flexibility index (Phi) is 3.79. The van der Waals surface area contributed by atoms with Gasteiger partial charge in [-0.2, -0.15) is 0 Å². The number of rotatable bonds is 3. The van der Waals surface area contributed by atoms with Crippen molar-refractivity contribution in [1.29, 1.82) is 0 Å². The summed E-state index contributed by atoms with van der Waals surface area (Å²) in [6.07, 6.45) is 2.06. The third kappa shape index (κ3) is 2.37. The van der Waals surface area contributed by atoms with E-state index in [1.807, 2.05) is 7.05 Å². The molecule has 1 aromatic rings. The van der Waals surface area contributed by atoms with Crippen molar-refractivity contribution in [2.75, 3.05) is 13.7 Å². The van der Waals surface area contributed by atoms with Gasteiger partial charge in [-0.3, -0.25) is 0 Å². The highest BCUT2D eigenvalue weighted by atomic mass is 35.5. The molecule has 1 saturated heterocycles. The molecule has 0 bridgehead atoms. The first-order valence-corrected chi connectivity index (χ1v) is 5.84. The standard InChI is InChI=1S/C12H15ClFNO/c1-15-12(11-3-2-6-16-11)9-5-4-8(13)7-10(9)14/h4-5,7,11-12,15H,2-3,6H2,1H3. The van der Waals surface area contributed by atoms with Crippen LogP contribution in [0, 0.1) is 5.82 Å². The Morgan fingerprint density at radius 1 is 1.56 bits per heavy atom. The molecule has 1 N–H and O–H groups in total. The first-order valence-electron chi connectivity index (χ1n) is 5.46. The van der Waals surface area contributed by atoms with E-state index in [0.717, 1.165) is 19.4 Å². The molecule has 1 aromatic carbocycles. The van der Waals surface area contributed by atoms with E-state index in [1.165, 1.54) is 6.07 Å². The zero-order valence-electron chi connectivity index (χ0n) is 9.17. The number of benzene rings is 1. The molecular formula is C12H15ClFNO. The van der Waals surface area contributed by atoms with Crippen LogP contribution < -0.4 is 5.32 Å². The topological polar surface area (TPSA) is 21.3 Å². The summed E-state index contributed by atoms with van der Waals surface area (Å²) in [6, 6.07) is 4.68. The molecule has 2 unspecified atom stereocenters. The molecule has 2 atom stereocenters. The zero-order chi connectivity index (χ0) is 11.5. The van der Waals surface area contributed by atoms with Gasteiger partial charge in [-0.15, -0.1) is 0 Å². The maximum absolute atomic E-state index is 13.8. The molecule has 1 aliphatic rings. The van der Waals surface area contributed by atoms with Crippen molar-refractivity contribution >= 4 is 11.6 Å². The van der Waals surface area contributed by atoms with Crippen LogP contribution in [0.3, 0.4) is 0 Å². The predicted molar refractivity (Wildman–Crippen MR) is 62.2 cm³/mol. The van der Waals surface area contributed by atoms with Crippen LogP contribution in [0.15, 0.2) is 18.2 Å². The highest BCUT2D eigenvalue weighted by Gasteiger charge is 2.27. The smallest absolute Gasteiger partial charge is 0.129 e. The Hall–Kier alpha value is -0.640. The van der Waals surface area contributed by atoms with Crippen LogP contribution in [0.1, 0.15) is 24.4 Å². The fraction of sp³-hybridized carbons (Fsp3) is 0.500. The van der Waals surface area contributed by atoms with Crippen molar-refractivity contribution in [1.82, 2.24) is 5.32 Å². The van der Waals surface area contributed by atoms with Crippen LogP contribution in [0.25, 0.3) is 0 Å². The second kappa shape index (κ2) is 5.13. The van der Waals surface area contributed by atoms with Crippen molar-refractivity contribution in [3.8, 4) is 0 Å². The van der Waals surface area contributed by atoms with E-state index in [4.69, 9.17) is 16.3 Å². The van der Waals surface area contributed by atoms with E-state index in [-0.39, 0.29) is 18.0 Å². The molecule has 1 heterocycles. The maximum Gasteiger partial charge on any atom is 0.129 e. The fourth-order valence-corrected chi connectivity index (χ4v) is 2.32. The predicted octanol–water partition coefficient (Wildman–Crippen LogP) is 2.92. The van der Waals surface area contributed by atoms with Gasteiger partial charge in [-0.25, -0.2) is 4.39 Å². The summed E-state index contributed by atoms with van der Waals surface area (Å²) in [5.74, 6) is -0.276. The molecule has 1 aliphatic heterocycles. The van der Waals surface area contributed by atoms with E-state index in [9.17, 15) is 4.39 Å². The second-order valence-electron chi connectivity index (χ2n) is 3.98. The van der Waals surface area contributed by atoms with Gasteiger partial charge >= 0.3 is 0 Å². The lowest BCUT2D eigenvalue weighted by atomic mass is 9.99. The van der Waals surface area contributed by atoms with Crippen molar-refractivity contribution < 1.29 is 9.13 Å². The van der Waals surface area contributed by atoms with Crippen LogP contribution in [0.2, 0.25) is 5.02 Å². The minimum absolute atomic E-state index is 0.0562. The minimum atomic E-state index is -0.276. The van der Waals surface area contributed by atoms with Crippen molar-refractivity contribution in [3.63, 3.8) is 0 Å². The van der Waals surface area contributed by atoms with Gasteiger partial charge < -0.3 is 10.1 Å². The SMILES string of the molecule is CNC(c1ccc(Cl)cc1F)C1CCCO1. The Labute approximate surface area is 99.7 Å². The van der Waals surface area contributed by atoms with Crippen molar-refractivity contribution in [3.05, 3.63) is 34.6 Å². The Morgan fingerprint density at radius 3 is 2.94 bits per heavy atom. The molecule has 1 fully saturated rings. The van der Waals surface area contributed by atoms with Gasteiger partial charge in [0.05, 0.1) is 12.1 Å². The van der Waals surface area contributed by atoms with Gasteiger partial charge in [0, 0.05) is 17.2 Å². The number of hydrogen-bond acceptors (Lipinski definition) is 2. The van der Waals surface area contributed by atoms with Crippen LogP contribution in [0.5, 0.6) is 0 Å². The summed E-state index contributed by atoms with van der Waals surface area (Å²) in [4.78, 5) is 0. The molecular weight excluding hydrogens is 229 g/mol. The Morgan fingerprint density at radius 2 is 2.38 bits per heavy atom. The summed E-state index contributed by atoms with van der Waals surface area (Å²) >= 11 is 5.73. The third-order valence-electron chi connectivity index (χ3n) is 2.95. The Bertz CT molecular complexity index is 366. The van der Waals surface area contributed by atoms with Gasteiger partial charge in [0.1, 0.15) is 5.82 Å². The van der Waals surface area contributed by atoms with Gasteiger partial charge in [0.2, 0.25) is 0 Å². The summed E-state index contributed by atoms with van der Waals surface area (Å²) in [6.45, 7) is 0.762. The molecule has 0 aromatic heterocycles. The number of hydrogen-bond donors (Lipinski definition) is 1. The first kappa shape index (κ1) is 11.8. The zero-order valence-corrected chi connectivity index (χ0v) is 9.93. The summed E-state index contributed by atoms with van der Waals surface area (Å²) in [5, 5.41) is 3.53. The van der Waals surface area contributed by atoms with Gasteiger partial charge in [-0.05, 0) is 32.0 Å². The minimum Gasteiger partial charge on any atom is -0.376 e.